The number of nitrogens with zero attached hydrogens (tertiary/aromatic N) is 1. The first-order valence-corrected chi connectivity index (χ1v) is 12.4. The topological polar surface area (TPSA) is 118 Å². The van der Waals surface area contributed by atoms with Crippen LogP contribution in [0.15, 0.2) is 75.9 Å². The number of allylic oxidation sites excluding steroid dienone is 1. The van der Waals surface area contributed by atoms with E-state index in [2.05, 4.69) is 10.6 Å². The molecule has 0 saturated heterocycles. The van der Waals surface area contributed by atoms with Gasteiger partial charge >= 0.3 is 17.8 Å². The van der Waals surface area contributed by atoms with E-state index >= 15 is 0 Å². The summed E-state index contributed by atoms with van der Waals surface area (Å²) in [6.07, 6.45) is 1.42. The van der Waals surface area contributed by atoms with Crippen molar-refractivity contribution in [2.45, 2.75) is 20.4 Å². The molecule has 39 heavy (non-hydrogen) atoms. The minimum Gasteiger partial charge on any atom is -0.465 e. The van der Waals surface area contributed by atoms with E-state index < -0.39 is 23.7 Å². The lowest BCUT2D eigenvalue weighted by Gasteiger charge is -2.18. The van der Waals surface area contributed by atoms with E-state index in [4.69, 9.17) is 32.4 Å². The van der Waals surface area contributed by atoms with E-state index in [1.165, 1.54) is 24.2 Å². The zero-order chi connectivity index (χ0) is 28.3. The van der Waals surface area contributed by atoms with Gasteiger partial charge in [-0.15, -0.1) is 0 Å². The van der Waals surface area contributed by atoms with E-state index in [9.17, 15) is 19.2 Å². The highest BCUT2D eigenvalue weighted by atomic mass is 35.5. The van der Waals surface area contributed by atoms with Crippen LogP contribution in [0.5, 0.6) is 0 Å². The molecule has 0 atom stereocenters. The van der Waals surface area contributed by atoms with E-state index in [0.29, 0.717) is 32.9 Å². The van der Waals surface area contributed by atoms with Gasteiger partial charge in [0.05, 0.1) is 30.5 Å². The molecule has 3 aromatic rings. The van der Waals surface area contributed by atoms with Crippen LogP contribution in [0.1, 0.15) is 24.0 Å². The number of halogens is 2. The Balaban J connectivity index is 1.50. The monoisotopic (exact) mass is 567 g/mol. The van der Waals surface area contributed by atoms with Crippen molar-refractivity contribution in [3.8, 4) is 0 Å². The number of benzene rings is 2. The normalized spacial score (nSPS) is 14.1. The number of carbonyl (C=O) groups excluding carboxylic acids is 4. The maximum Gasteiger partial charge on any atom is 0.340 e. The zero-order valence-electron chi connectivity index (χ0n) is 21.1. The van der Waals surface area contributed by atoms with Gasteiger partial charge in [0.15, 0.2) is 0 Å². The van der Waals surface area contributed by atoms with Gasteiger partial charge in [0.2, 0.25) is 0 Å². The summed E-state index contributed by atoms with van der Waals surface area (Å²) < 4.78 is 10.6. The fraction of sp³-hybridized carbons (Fsp3) is 0.143. The van der Waals surface area contributed by atoms with Crippen molar-refractivity contribution >= 4 is 64.3 Å². The maximum atomic E-state index is 13.4. The summed E-state index contributed by atoms with van der Waals surface area (Å²) in [6.45, 7) is 3.39. The second-order valence-corrected chi connectivity index (χ2v) is 9.38. The molecule has 0 saturated carbocycles. The molecule has 2 heterocycles. The molecule has 2 N–H and O–H groups in total. The molecule has 4 rings (SSSR count). The highest BCUT2D eigenvalue weighted by Gasteiger charge is 2.38. The number of esters is 1. The Hall–Kier alpha value is -4.34. The fourth-order valence-electron chi connectivity index (χ4n) is 3.92. The smallest absolute Gasteiger partial charge is 0.340 e. The van der Waals surface area contributed by atoms with Gasteiger partial charge in [-0.05, 0) is 68.0 Å². The van der Waals surface area contributed by atoms with E-state index in [-0.39, 0.29) is 23.5 Å². The summed E-state index contributed by atoms with van der Waals surface area (Å²) in [5.74, 6) is -2.32. The number of carbonyl (C=O) groups is 4. The van der Waals surface area contributed by atoms with Gasteiger partial charge in [-0.25, -0.2) is 4.79 Å². The second-order valence-electron chi connectivity index (χ2n) is 8.54. The number of aryl methyl sites for hydroxylation is 1. The van der Waals surface area contributed by atoms with Gasteiger partial charge in [-0.2, -0.15) is 0 Å². The van der Waals surface area contributed by atoms with Crippen molar-refractivity contribution in [3.05, 3.63) is 98.6 Å². The molecule has 11 heteroatoms. The standard InChI is InChI=1S/C28H23Cl2N3O6/c1-15-7-8-19(12-23(15)30)33-16(2)24(28(37)38-3)22(27(33)36)13-20-9-10-21(39-20)14-31-25(34)26(35)32-18-6-4-5-17(29)11-18/h4-13H,14H2,1-3H3,(H,31,34)(H,32,35)/b22-13+. The van der Waals surface area contributed by atoms with Crippen LogP contribution in [-0.2, 0) is 30.5 Å². The highest BCUT2D eigenvalue weighted by molar-refractivity contribution is 6.39. The Bertz CT molecular complexity index is 1560. The number of hydrogen-bond donors (Lipinski definition) is 2. The Morgan fingerprint density at radius 1 is 1.03 bits per heavy atom. The third-order valence-corrected chi connectivity index (χ3v) is 6.53. The molecule has 2 aromatic carbocycles. The quantitative estimate of drug-likeness (QED) is 0.245. The maximum absolute atomic E-state index is 13.4. The minimum atomic E-state index is -0.879. The third kappa shape index (κ3) is 6.05. The molecule has 0 fully saturated rings. The average molecular weight is 568 g/mol. The molecule has 1 aromatic heterocycles. The lowest BCUT2D eigenvalue weighted by atomic mass is 10.1. The van der Waals surface area contributed by atoms with Crippen molar-refractivity contribution in [1.82, 2.24) is 5.32 Å². The van der Waals surface area contributed by atoms with E-state index in [1.54, 1.807) is 55.5 Å². The highest BCUT2D eigenvalue weighted by Crippen LogP contribution is 2.37. The van der Waals surface area contributed by atoms with Crippen molar-refractivity contribution in [2.75, 3.05) is 17.3 Å². The van der Waals surface area contributed by atoms with Crippen LogP contribution >= 0.6 is 23.2 Å². The molecule has 1 aliphatic heterocycles. The lowest BCUT2D eigenvalue weighted by Crippen LogP contribution is -2.34. The molecule has 0 bridgehead atoms. The average Bonchev–Trinajstić information content (AvgIpc) is 3.45. The van der Waals surface area contributed by atoms with Crippen LogP contribution in [0.4, 0.5) is 11.4 Å². The lowest BCUT2D eigenvalue weighted by molar-refractivity contribution is -0.136. The van der Waals surface area contributed by atoms with E-state index in [0.717, 1.165) is 5.56 Å². The number of amides is 3. The minimum absolute atomic E-state index is 0.0712. The number of ether oxygens (including phenoxy) is 1. The van der Waals surface area contributed by atoms with Crippen LogP contribution in [0.3, 0.4) is 0 Å². The molecule has 0 aliphatic carbocycles. The summed E-state index contributed by atoms with van der Waals surface area (Å²) in [6, 6.07) is 14.7. The van der Waals surface area contributed by atoms with Crippen LogP contribution in [0.2, 0.25) is 10.0 Å². The number of hydrogen-bond acceptors (Lipinski definition) is 6. The molecule has 200 valence electrons. The van der Waals surface area contributed by atoms with Crippen LogP contribution in [0.25, 0.3) is 6.08 Å². The van der Waals surface area contributed by atoms with Crippen molar-refractivity contribution < 1.29 is 28.3 Å². The van der Waals surface area contributed by atoms with Crippen LogP contribution in [0, 0.1) is 6.92 Å². The molecular weight excluding hydrogens is 545 g/mol. The Kier molecular flexibility index (Phi) is 8.23. The number of anilines is 2. The Morgan fingerprint density at radius 2 is 1.79 bits per heavy atom. The second kappa shape index (κ2) is 11.6. The largest absolute Gasteiger partial charge is 0.465 e. The predicted molar refractivity (Wildman–Crippen MR) is 147 cm³/mol. The molecule has 0 unspecified atom stereocenters. The van der Waals surface area contributed by atoms with Crippen LogP contribution < -0.4 is 15.5 Å². The molecule has 0 radical (unpaired) electrons. The Morgan fingerprint density at radius 3 is 2.49 bits per heavy atom. The molecule has 3 amide bonds. The molecule has 1 aliphatic rings. The van der Waals surface area contributed by atoms with E-state index in [1.807, 2.05) is 6.92 Å². The Labute approximate surface area is 234 Å². The first-order chi connectivity index (χ1) is 18.6. The van der Waals surface area contributed by atoms with Crippen LogP contribution in [-0.4, -0.2) is 30.8 Å². The number of furan rings is 1. The third-order valence-electron chi connectivity index (χ3n) is 5.88. The molecule has 0 spiro atoms. The number of nitrogens with one attached hydrogen (secondary N) is 2. The summed E-state index contributed by atoms with van der Waals surface area (Å²) in [5.41, 5.74) is 2.25. The first kappa shape index (κ1) is 27.7. The van der Waals surface area contributed by atoms with Gasteiger partial charge in [0.25, 0.3) is 5.91 Å². The van der Waals surface area contributed by atoms with Crippen molar-refractivity contribution in [1.29, 1.82) is 0 Å². The van der Waals surface area contributed by atoms with Gasteiger partial charge < -0.3 is 19.8 Å². The summed E-state index contributed by atoms with van der Waals surface area (Å²) >= 11 is 12.2. The summed E-state index contributed by atoms with van der Waals surface area (Å²) in [4.78, 5) is 51.8. The number of rotatable bonds is 6. The fourth-order valence-corrected chi connectivity index (χ4v) is 4.29. The van der Waals surface area contributed by atoms with Crippen molar-refractivity contribution in [3.63, 3.8) is 0 Å². The SMILES string of the molecule is COC(=O)C1=C(C)N(c2ccc(C)c(Cl)c2)C(=O)/C1=C/c1ccc(CNC(=O)C(=O)Nc2cccc(Cl)c2)o1. The molecule has 9 nitrogen and oxygen atoms in total. The first-order valence-electron chi connectivity index (χ1n) is 11.6. The van der Waals surface area contributed by atoms with Crippen molar-refractivity contribution in [2.24, 2.45) is 0 Å². The van der Waals surface area contributed by atoms with Gasteiger partial charge in [-0.3, -0.25) is 19.3 Å². The van der Waals surface area contributed by atoms with Gasteiger partial charge in [0, 0.05) is 21.4 Å². The summed E-state index contributed by atoms with van der Waals surface area (Å²) in [7, 11) is 1.23. The predicted octanol–water partition coefficient (Wildman–Crippen LogP) is 5.03. The summed E-state index contributed by atoms with van der Waals surface area (Å²) in [5, 5.41) is 5.80. The van der Waals surface area contributed by atoms with Gasteiger partial charge in [-0.1, -0.05) is 35.3 Å². The number of methoxy groups -OCH3 is 1. The van der Waals surface area contributed by atoms with Gasteiger partial charge in [0.1, 0.15) is 11.5 Å². The molecular formula is C28H23Cl2N3O6. The zero-order valence-corrected chi connectivity index (χ0v) is 22.6.